The van der Waals surface area contributed by atoms with Gasteiger partial charge in [0.2, 0.25) is 5.91 Å². The molecule has 3 N–H and O–H groups in total. The van der Waals surface area contributed by atoms with Crippen LogP contribution in [0.2, 0.25) is 0 Å². The lowest BCUT2D eigenvalue weighted by Crippen LogP contribution is -2.45. The van der Waals surface area contributed by atoms with Crippen LogP contribution in [0.3, 0.4) is 0 Å². The Morgan fingerprint density at radius 1 is 0.429 bits per heavy atom. The van der Waals surface area contributed by atoms with Crippen molar-refractivity contribution in [2.24, 2.45) is 0 Å². The van der Waals surface area contributed by atoms with E-state index in [2.05, 4.69) is 43.5 Å². The van der Waals surface area contributed by atoms with Crippen LogP contribution in [0.15, 0.2) is 24.3 Å². The highest BCUT2D eigenvalue weighted by atomic mass is 16.5. The molecule has 0 aromatic carbocycles. The number of unbranched alkanes of at least 4 members (excludes halogenated alkanes) is 37. The predicted molar refractivity (Wildman–Crippen MR) is 273 cm³/mol. The molecule has 0 spiro atoms. The third-order valence-corrected chi connectivity index (χ3v) is 13.0. The van der Waals surface area contributed by atoms with Gasteiger partial charge in [0, 0.05) is 12.8 Å². The molecule has 0 aromatic heterocycles. The van der Waals surface area contributed by atoms with Crippen LogP contribution in [0.1, 0.15) is 303 Å². The molecule has 2 atom stereocenters. The topological polar surface area (TPSA) is 95.9 Å². The van der Waals surface area contributed by atoms with E-state index in [-0.39, 0.29) is 18.5 Å². The molecule has 63 heavy (non-hydrogen) atoms. The van der Waals surface area contributed by atoms with Crippen molar-refractivity contribution in [2.45, 2.75) is 315 Å². The van der Waals surface area contributed by atoms with E-state index in [4.69, 9.17) is 4.74 Å². The summed E-state index contributed by atoms with van der Waals surface area (Å²) in [6.07, 6.45) is 63.1. The molecule has 0 saturated heterocycles. The number of rotatable bonds is 52. The first kappa shape index (κ1) is 61.3. The summed E-state index contributed by atoms with van der Waals surface area (Å²) in [4.78, 5) is 24.5. The van der Waals surface area contributed by atoms with Crippen molar-refractivity contribution in [1.29, 1.82) is 0 Å². The van der Waals surface area contributed by atoms with E-state index in [1.807, 2.05) is 0 Å². The van der Waals surface area contributed by atoms with Gasteiger partial charge >= 0.3 is 5.97 Å². The molecule has 372 valence electrons. The van der Waals surface area contributed by atoms with Crippen molar-refractivity contribution < 1.29 is 24.5 Å². The molecule has 0 aliphatic rings. The largest absolute Gasteiger partial charge is 0.466 e. The van der Waals surface area contributed by atoms with Crippen LogP contribution in [0.25, 0.3) is 0 Å². The van der Waals surface area contributed by atoms with Gasteiger partial charge in [0.1, 0.15) is 0 Å². The lowest BCUT2D eigenvalue weighted by Gasteiger charge is -2.22. The molecule has 0 heterocycles. The van der Waals surface area contributed by atoms with Gasteiger partial charge in [0.05, 0.1) is 25.4 Å². The van der Waals surface area contributed by atoms with Crippen LogP contribution < -0.4 is 5.32 Å². The average molecular weight is 889 g/mol. The molecular weight excluding hydrogens is 779 g/mol. The van der Waals surface area contributed by atoms with Crippen molar-refractivity contribution >= 4 is 11.9 Å². The highest BCUT2D eigenvalue weighted by molar-refractivity contribution is 5.76. The van der Waals surface area contributed by atoms with Gasteiger partial charge < -0.3 is 20.3 Å². The number of amides is 1. The van der Waals surface area contributed by atoms with Crippen molar-refractivity contribution in [3.8, 4) is 0 Å². The smallest absolute Gasteiger partial charge is 0.305 e. The lowest BCUT2D eigenvalue weighted by molar-refractivity contribution is -0.143. The Morgan fingerprint density at radius 3 is 1.13 bits per heavy atom. The van der Waals surface area contributed by atoms with E-state index < -0.39 is 12.1 Å². The Hall–Kier alpha value is -1.66. The zero-order valence-corrected chi connectivity index (χ0v) is 42.3. The number of aliphatic hydroxyl groups is 2. The van der Waals surface area contributed by atoms with E-state index in [1.165, 1.54) is 193 Å². The fourth-order valence-corrected chi connectivity index (χ4v) is 8.63. The van der Waals surface area contributed by atoms with Crippen molar-refractivity contribution in [1.82, 2.24) is 5.32 Å². The Morgan fingerprint density at radius 2 is 0.746 bits per heavy atom. The van der Waals surface area contributed by atoms with Crippen LogP contribution in [-0.2, 0) is 14.3 Å². The van der Waals surface area contributed by atoms with E-state index >= 15 is 0 Å². The summed E-state index contributed by atoms with van der Waals surface area (Å²) < 4.78 is 5.43. The number of allylic oxidation sites excluding steroid dienone is 4. The third kappa shape index (κ3) is 49.6. The molecule has 0 aromatic rings. The molecule has 6 heteroatoms. The number of nitrogens with one attached hydrogen (secondary N) is 1. The molecule has 0 rings (SSSR count). The fraction of sp³-hybridized carbons (Fsp3) is 0.895. The molecule has 0 saturated carbocycles. The molecule has 0 fully saturated rings. The first-order valence-electron chi connectivity index (χ1n) is 28.1. The predicted octanol–water partition coefficient (Wildman–Crippen LogP) is 17.1. The summed E-state index contributed by atoms with van der Waals surface area (Å²) in [5, 5.41) is 23.3. The number of hydrogen-bond acceptors (Lipinski definition) is 5. The van der Waals surface area contributed by atoms with Gasteiger partial charge in [-0.15, -0.1) is 0 Å². The number of aliphatic hydroxyl groups excluding tert-OH is 2. The second kappa shape index (κ2) is 53.0. The Labute approximate surface area is 392 Å². The molecular formula is C57H109NO5. The molecule has 2 unspecified atom stereocenters. The SMILES string of the molecule is CCCCCCCC/C=C\CCCCCCCC(=O)OCCCC/C=C\CCCCCCC(=O)NC(CO)C(O)CCCCCCCCCCCCCCCCCCCCCCC. The van der Waals surface area contributed by atoms with Gasteiger partial charge in [-0.2, -0.15) is 0 Å². The molecule has 0 radical (unpaired) electrons. The zero-order valence-electron chi connectivity index (χ0n) is 42.3. The van der Waals surface area contributed by atoms with Gasteiger partial charge in [-0.3, -0.25) is 9.59 Å². The van der Waals surface area contributed by atoms with Crippen molar-refractivity contribution in [2.75, 3.05) is 13.2 Å². The van der Waals surface area contributed by atoms with Gasteiger partial charge in [0.25, 0.3) is 0 Å². The maximum atomic E-state index is 12.5. The minimum Gasteiger partial charge on any atom is -0.466 e. The highest BCUT2D eigenvalue weighted by Gasteiger charge is 2.20. The number of carbonyl (C=O) groups excluding carboxylic acids is 2. The van der Waals surface area contributed by atoms with Crippen LogP contribution in [-0.4, -0.2) is 47.4 Å². The summed E-state index contributed by atoms with van der Waals surface area (Å²) in [5.41, 5.74) is 0. The number of ether oxygens (including phenoxy) is 1. The third-order valence-electron chi connectivity index (χ3n) is 13.0. The molecule has 0 aliphatic heterocycles. The standard InChI is InChI=1S/C57H109NO5/c1-3-5-7-9-11-13-15-17-19-20-21-22-23-24-26-27-29-33-37-41-45-49-55(60)54(53-59)58-56(61)50-46-42-38-34-31-32-36-40-44-48-52-63-57(62)51-47-43-39-35-30-28-25-18-16-14-12-10-8-6-4-2/h18,25,32,36,54-55,59-60H,3-17,19-24,26-31,33-35,37-53H2,1-2H3,(H,58,61)/b25-18-,36-32-. The maximum absolute atomic E-state index is 12.5. The van der Waals surface area contributed by atoms with E-state index in [1.54, 1.807) is 0 Å². The van der Waals surface area contributed by atoms with E-state index in [0.29, 0.717) is 25.9 Å². The normalized spacial score (nSPS) is 12.8. The lowest BCUT2D eigenvalue weighted by atomic mass is 10.0. The van der Waals surface area contributed by atoms with Crippen LogP contribution in [0.5, 0.6) is 0 Å². The average Bonchev–Trinajstić information content (AvgIpc) is 3.28. The summed E-state index contributed by atoms with van der Waals surface area (Å²) in [7, 11) is 0. The zero-order chi connectivity index (χ0) is 45.8. The first-order valence-corrected chi connectivity index (χ1v) is 28.1. The minimum atomic E-state index is -0.687. The maximum Gasteiger partial charge on any atom is 0.305 e. The van der Waals surface area contributed by atoms with E-state index in [9.17, 15) is 19.8 Å². The van der Waals surface area contributed by atoms with Crippen LogP contribution in [0, 0.1) is 0 Å². The second-order valence-electron chi connectivity index (χ2n) is 19.3. The van der Waals surface area contributed by atoms with Crippen LogP contribution >= 0.6 is 0 Å². The summed E-state index contributed by atoms with van der Waals surface area (Å²) in [5.74, 6) is -0.113. The number of esters is 1. The monoisotopic (exact) mass is 888 g/mol. The van der Waals surface area contributed by atoms with Gasteiger partial charge in [-0.1, -0.05) is 237 Å². The summed E-state index contributed by atoms with van der Waals surface area (Å²) in [6.45, 7) is 4.87. The van der Waals surface area contributed by atoms with E-state index in [0.717, 1.165) is 77.0 Å². The number of carbonyl (C=O) groups is 2. The van der Waals surface area contributed by atoms with Crippen molar-refractivity contribution in [3.05, 3.63) is 24.3 Å². The highest BCUT2D eigenvalue weighted by Crippen LogP contribution is 2.17. The Bertz CT molecular complexity index is 982. The molecule has 1 amide bonds. The van der Waals surface area contributed by atoms with Crippen LogP contribution in [0.4, 0.5) is 0 Å². The quantitative estimate of drug-likeness (QED) is 0.0321. The second-order valence-corrected chi connectivity index (χ2v) is 19.3. The number of hydrogen-bond donors (Lipinski definition) is 3. The molecule has 6 nitrogen and oxygen atoms in total. The molecule has 0 bridgehead atoms. The van der Waals surface area contributed by atoms with Gasteiger partial charge in [-0.25, -0.2) is 0 Å². The first-order chi connectivity index (χ1) is 31.0. The Balaban J connectivity index is 3.52. The van der Waals surface area contributed by atoms with Gasteiger partial charge in [0.15, 0.2) is 0 Å². The summed E-state index contributed by atoms with van der Waals surface area (Å²) >= 11 is 0. The minimum absolute atomic E-state index is 0.0436. The Kier molecular flexibility index (Phi) is 51.6. The fourth-order valence-electron chi connectivity index (χ4n) is 8.63. The summed E-state index contributed by atoms with van der Waals surface area (Å²) in [6, 6.07) is -0.568. The molecule has 0 aliphatic carbocycles. The van der Waals surface area contributed by atoms with Gasteiger partial charge in [-0.05, 0) is 77.0 Å². The van der Waals surface area contributed by atoms with Crippen molar-refractivity contribution in [3.63, 3.8) is 0 Å².